The van der Waals surface area contributed by atoms with Crippen molar-refractivity contribution in [3.63, 3.8) is 0 Å². The first-order chi connectivity index (χ1) is 13.5. The summed E-state index contributed by atoms with van der Waals surface area (Å²) in [5.74, 6) is 0.602. The highest BCUT2D eigenvalue weighted by atomic mass is 32.2. The summed E-state index contributed by atoms with van der Waals surface area (Å²) in [6.45, 7) is 1.99. The molecule has 0 saturated carbocycles. The first-order valence-corrected chi connectivity index (χ1v) is 10.4. The van der Waals surface area contributed by atoms with E-state index in [1.807, 2.05) is 30.3 Å². The second-order valence-corrected chi connectivity index (χ2v) is 7.61. The van der Waals surface area contributed by atoms with Gasteiger partial charge in [-0.25, -0.2) is 9.97 Å². The Balaban J connectivity index is 1.82. The number of hydrogen-bond acceptors (Lipinski definition) is 6. The summed E-state index contributed by atoms with van der Waals surface area (Å²) in [6, 6.07) is 8.05. The second-order valence-electron chi connectivity index (χ2n) is 6.83. The lowest BCUT2D eigenvalue weighted by atomic mass is 10.1. The third-order valence-corrected chi connectivity index (χ3v) is 5.37. The minimum atomic E-state index is -0.0789. The van der Waals surface area contributed by atoms with Crippen LogP contribution in [0.4, 0.5) is 11.5 Å². The maximum atomic E-state index is 13.2. The van der Waals surface area contributed by atoms with Crippen LogP contribution in [0, 0.1) is 0 Å². The molecule has 7 nitrogen and oxygen atoms in total. The van der Waals surface area contributed by atoms with E-state index in [0.717, 1.165) is 30.5 Å². The van der Waals surface area contributed by atoms with Gasteiger partial charge >= 0.3 is 0 Å². The normalized spacial score (nSPS) is 13.9. The lowest BCUT2D eigenvalue weighted by molar-refractivity contribution is -0.117. The number of fused-ring (bicyclic) bond motifs is 1. The Kier molecular flexibility index (Phi) is 6.51. The molecule has 0 spiro atoms. The van der Waals surface area contributed by atoms with E-state index in [-0.39, 0.29) is 5.91 Å². The number of aryl methyl sites for hydroxylation is 1. The Morgan fingerprint density at radius 3 is 2.89 bits per heavy atom. The third-order valence-electron chi connectivity index (χ3n) is 4.80. The number of rotatable bonds is 7. The van der Waals surface area contributed by atoms with Gasteiger partial charge in [0, 0.05) is 45.6 Å². The van der Waals surface area contributed by atoms with Crippen LogP contribution in [0.5, 0.6) is 0 Å². The zero-order chi connectivity index (χ0) is 20.1. The molecule has 0 N–H and O–H groups in total. The smallest absolute Gasteiger partial charge is 0.263 e. The summed E-state index contributed by atoms with van der Waals surface area (Å²) in [5.41, 5.74) is 2.55. The minimum Gasteiger partial charge on any atom is -0.357 e. The highest BCUT2D eigenvalue weighted by Gasteiger charge is 2.28. The molecule has 2 heterocycles. The third kappa shape index (κ3) is 4.44. The van der Waals surface area contributed by atoms with Gasteiger partial charge in [0.25, 0.3) is 5.91 Å². The van der Waals surface area contributed by atoms with Crippen molar-refractivity contribution >= 4 is 35.6 Å². The van der Waals surface area contributed by atoms with Crippen LogP contribution < -0.4 is 9.80 Å². The summed E-state index contributed by atoms with van der Waals surface area (Å²) in [4.78, 5) is 38.2. The topological polar surface area (TPSA) is 69.6 Å². The zero-order valence-electron chi connectivity index (χ0n) is 16.5. The number of carbonyl (C=O) groups excluding carboxylic acids is 2. The molecule has 0 fully saturated rings. The Bertz CT molecular complexity index is 860. The number of likely N-dealkylation sites (N-methyl/N-ethyl adjacent to an activating group) is 1. The van der Waals surface area contributed by atoms with E-state index < -0.39 is 0 Å². The molecule has 3 rings (SSSR count). The highest BCUT2D eigenvalue weighted by molar-refractivity contribution is 7.98. The second kappa shape index (κ2) is 9.05. The molecule has 0 atom stereocenters. The van der Waals surface area contributed by atoms with Crippen LogP contribution in [-0.2, 0) is 11.2 Å². The summed E-state index contributed by atoms with van der Waals surface area (Å²) in [5, 5.41) is 0.661. The first-order valence-electron chi connectivity index (χ1n) is 9.22. The number of nitrogens with zero attached hydrogens (tertiary/aromatic N) is 5. The van der Waals surface area contributed by atoms with E-state index in [2.05, 4.69) is 22.1 Å². The van der Waals surface area contributed by atoms with Gasteiger partial charge in [0.15, 0.2) is 5.16 Å². The Morgan fingerprint density at radius 1 is 1.32 bits per heavy atom. The van der Waals surface area contributed by atoms with E-state index >= 15 is 0 Å². The molecule has 1 aliphatic heterocycles. The standard InChI is InChI=1S/C20H25N5O2S/c1-23(14-26)9-5-7-15-6-4-8-16(12-15)25-11-10-24(2)18-17(19(25)27)13-21-20(22-18)28-3/h4,6,8,12-14H,5,7,9-11H2,1-3H3. The van der Waals surface area contributed by atoms with Crippen molar-refractivity contribution in [1.29, 1.82) is 0 Å². The molecule has 8 heteroatoms. The van der Waals surface area contributed by atoms with Crippen LogP contribution in [0.1, 0.15) is 22.3 Å². The summed E-state index contributed by atoms with van der Waals surface area (Å²) in [7, 11) is 3.73. The first kappa shape index (κ1) is 20.1. The fraction of sp³-hybridized carbons (Fsp3) is 0.400. The van der Waals surface area contributed by atoms with Crippen LogP contribution in [0.2, 0.25) is 0 Å². The molecule has 0 unspecified atom stereocenters. The van der Waals surface area contributed by atoms with E-state index in [1.165, 1.54) is 11.8 Å². The highest BCUT2D eigenvalue weighted by Crippen LogP contribution is 2.27. The predicted molar refractivity (Wildman–Crippen MR) is 112 cm³/mol. The average Bonchev–Trinajstić information content (AvgIpc) is 2.84. The van der Waals surface area contributed by atoms with Gasteiger partial charge in [0.1, 0.15) is 11.4 Å². The largest absolute Gasteiger partial charge is 0.357 e. The molecular formula is C20H25N5O2S. The lowest BCUT2D eigenvalue weighted by Crippen LogP contribution is -2.33. The van der Waals surface area contributed by atoms with E-state index in [0.29, 0.717) is 36.2 Å². The summed E-state index contributed by atoms with van der Waals surface area (Å²) in [6.07, 6.45) is 6.12. The van der Waals surface area contributed by atoms with Crippen molar-refractivity contribution in [2.24, 2.45) is 0 Å². The maximum Gasteiger partial charge on any atom is 0.263 e. The van der Waals surface area contributed by atoms with Gasteiger partial charge in [0.05, 0.1) is 0 Å². The van der Waals surface area contributed by atoms with Crippen LogP contribution in [0.3, 0.4) is 0 Å². The number of benzene rings is 1. The molecule has 0 radical (unpaired) electrons. The number of hydrogen-bond donors (Lipinski definition) is 0. The predicted octanol–water partition coefficient (Wildman–Crippen LogP) is 2.32. The van der Waals surface area contributed by atoms with Crippen LogP contribution in [0.15, 0.2) is 35.6 Å². The molecule has 148 valence electrons. The molecular weight excluding hydrogens is 374 g/mol. The molecule has 1 aliphatic rings. The Hall–Kier alpha value is -2.61. The van der Waals surface area contributed by atoms with E-state index in [4.69, 9.17) is 0 Å². The number of amides is 2. The fourth-order valence-corrected chi connectivity index (χ4v) is 3.55. The zero-order valence-corrected chi connectivity index (χ0v) is 17.3. The number of anilines is 2. The Labute approximate surface area is 169 Å². The Morgan fingerprint density at radius 2 is 2.14 bits per heavy atom. The lowest BCUT2D eigenvalue weighted by Gasteiger charge is -2.22. The maximum absolute atomic E-state index is 13.2. The van der Waals surface area contributed by atoms with Crippen LogP contribution in [-0.4, -0.2) is 67.2 Å². The number of carbonyl (C=O) groups is 2. The van der Waals surface area contributed by atoms with Gasteiger partial charge in [-0.15, -0.1) is 0 Å². The van der Waals surface area contributed by atoms with E-state index in [9.17, 15) is 9.59 Å². The summed E-state index contributed by atoms with van der Waals surface area (Å²) >= 11 is 1.46. The van der Waals surface area contributed by atoms with E-state index in [1.54, 1.807) is 23.0 Å². The van der Waals surface area contributed by atoms with Crippen LogP contribution >= 0.6 is 11.8 Å². The minimum absolute atomic E-state index is 0.0789. The molecule has 28 heavy (non-hydrogen) atoms. The van der Waals surface area contributed by atoms with Gasteiger partial charge in [-0.2, -0.15) is 0 Å². The molecule has 0 aliphatic carbocycles. The monoisotopic (exact) mass is 399 g/mol. The van der Waals surface area contributed by atoms with Gasteiger partial charge in [-0.3, -0.25) is 9.59 Å². The molecule has 1 aromatic heterocycles. The van der Waals surface area contributed by atoms with Gasteiger partial charge in [-0.1, -0.05) is 23.9 Å². The van der Waals surface area contributed by atoms with Crippen molar-refractivity contribution < 1.29 is 9.59 Å². The van der Waals surface area contributed by atoms with Crippen LogP contribution in [0.25, 0.3) is 0 Å². The fourth-order valence-electron chi connectivity index (χ4n) is 3.21. The van der Waals surface area contributed by atoms with Crippen molar-refractivity contribution in [2.75, 3.05) is 49.8 Å². The van der Waals surface area contributed by atoms with Crippen molar-refractivity contribution in [3.8, 4) is 0 Å². The van der Waals surface area contributed by atoms with Crippen molar-refractivity contribution in [1.82, 2.24) is 14.9 Å². The van der Waals surface area contributed by atoms with Gasteiger partial charge < -0.3 is 14.7 Å². The summed E-state index contributed by atoms with van der Waals surface area (Å²) < 4.78 is 0. The van der Waals surface area contributed by atoms with Crippen molar-refractivity contribution in [3.05, 3.63) is 41.6 Å². The quantitative estimate of drug-likeness (QED) is 0.404. The number of aromatic nitrogens is 2. The molecule has 2 aromatic rings. The number of thioether (sulfide) groups is 1. The molecule has 2 amide bonds. The molecule has 1 aromatic carbocycles. The van der Waals surface area contributed by atoms with Crippen molar-refractivity contribution in [2.45, 2.75) is 18.0 Å². The molecule has 0 saturated heterocycles. The SMILES string of the molecule is CSc1ncc2c(n1)N(C)CCN(c1cccc(CCCN(C)C=O)c1)C2=O. The van der Waals surface area contributed by atoms with Gasteiger partial charge in [-0.05, 0) is 36.8 Å². The molecule has 0 bridgehead atoms. The average molecular weight is 400 g/mol. The van der Waals surface area contributed by atoms with Gasteiger partial charge in [0.2, 0.25) is 6.41 Å².